The third-order valence-electron chi connectivity index (χ3n) is 11.4. The van der Waals surface area contributed by atoms with Crippen LogP contribution < -0.4 is 18.9 Å². The zero-order valence-corrected chi connectivity index (χ0v) is 36.3. The minimum absolute atomic E-state index is 0.682. The lowest BCUT2D eigenvalue weighted by atomic mass is 10.0. The second-order valence-corrected chi connectivity index (χ2v) is 15.4. The number of pyridine rings is 4. The first-order chi connectivity index (χ1) is 31.9. The predicted molar refractivity (Wildman–Crippen MR) is 252 cm³/mol. The van der Waals surface area contributed by atoms with Crippen LogP contribution in [-0.2, 0) is 25.7 Å². The van der Waals surface area contributed by atoms with E-state index < -0.39 is 0 Å². The molecule has 322 valence electrons. The van der Waals surface area contributed by atoms with Gasteiger partial charge in [0.1, 0.15) is 34.4 Å². The van der Waals surface area contributed by atoms with E-state index in [1.165, 1.54) is 0 Å². The number of H-pyrrole nitrogens is 1. The van der Waals surface area contributed by atoms with Crippen LogP contribution in [0, 0.1) is 0 Å². The number of aromatic amines is 1. The van der Waals surface area contributed by atoms with Gasteiger partial charge in [0.15, 0.2) is 22.8 Å². The molecule has 13 nitrogen and oxygen atoms in total. The van der Waals surface area contributed by atoms with Gasteiger partial charge in [0, 0.05) is 71.2 Å². The summed E-state index contributed by atoms with van der Waals surface area (Å²) in [4.78, 5) is 31.6. The Morgan fingerprint density at radius 3 is 2.03 bits per heavy atom. The normalized spacial score (nSPS) is 11.3. The molecule has 1 N–H and O–H groups in total. The molecule has 0 atom stereocenters. The molecule has 0 fully saturated rings. The lowest BCUT2D eigenvalue weighted by Gasteiger charge is -2.10. The van der Waals surface area contributed by atoms with Crippen LogP contribution >= 0.6 is 0 Å². The standard InChI is InChI=1S/C26H24N4O3.C26H20N4O2/c1-31-20-10-11-27-19(15-20)6-9-25-28-22-13-18-12-16(4-7-21(18)29-26(22)30-25)17-5-8-23(32-2)24(14-17)33-3;1-31-20-13-14-27-19(16-20)10-11-24-28-22-15-18-5-2-3-7-21(18)29-26(22)30(24)25-12-9-17-6-4-8-23(17)32-25/h4-5,7-8,10-15H,6,9H2,1-3H3,(H,28,29,30);2-9,12-16H,10-11H2,1H3. The number of nitrogens with one attached hydrogen (secondary N) is 1. The Morgan fingerprint density at radius 2 is 1.25 bits per heavy atom. The van der Waals surface area contributed by atoms with Crippen LogP contribution in [0.5, 0.6) is 23.0 Å². The van der Waals surface area contributed by atoms with Crippen molar-refractivity contribution in [2.45, 2.75) is 25.7 Å². The van der Waals surface area contributed by atoms with Crippen molar-refractivity contribution >= 4 is 44.1 Å². The fourth-order valence-electron chi connectivity index (χ4n) is 8.02. The maximum Gasteiger partial charge on any atom is 0.207 e. The zero-order chi connectivity index (χ0) is 44.3. The minimum Gasteiger partial charge on any atom is -0.497 e. The van der Waals surface area contributed by atoms with E-state index in [1.807, 2.05) is 95.6 Å². The van der Waals surface area contributed by atoms with Gasteiger partial charge in [0.25, 0.3) is 0 Å². The molecule has 65 heavy (non-hydrogen) atoms. The van der Waals surface area contributed by atoms with Gasteiger partial charge in [-0.3, -0.25) is 9.97 Å². The molecule has 0 saturated carbocycles. The van der Waals surface area contributed by atoms with E-state index in [2.05, 4.69) is 56.3 Å². The van der Waals surface area contributed by atoms with Crippen molar-refractivity contribution in [3.63, 3.8) is 0 Å². The van der Waals surface area contributed by atoms with Crippen molar-refractivity contribution in [3.05, 3.63) is 163 Å². The first-order valence-electron chi connectivity index (χ1n) is 21.2. The molecule has 0 amide bonds. The number of imidazole rings is 2. The van der Waals surface area contributed by atoms with Crippen LogP contribution in [-0.4, -0.2) is 67.9 Å². The lowest BCUT2D eigenvalue weighted by Crippen LogP contribution is -2.05. The number of hydrogen-bond acceptors (Lipinski definition) is 11. The third-order valence-corrected chi connectivity index (χ3v) is 11.4. The SMILES string of the molecule is COc1ccnc(CCc2nc3cc4ccccc4nc3n2-c2ccc3cccc-3o2)c1.COc1ccnc(CCc2nc3nc4ccc(-c5ccc(OC)c(OC)c5)cc4cc3[nH]2)c1. The molecule has 1 aliphatic carbocycles. The van der Waals surface area contributed by atoms with Crippen molar-refractivity contribution in [2.24, 2.45) is 0 Å². The van der Waals surface area contributed by atoms with E-state index in [0.717, 1.165) is 120 Å². The molecule has 1 aliphatic heterocycles. The molecular formula is C52H44N8O5. The van der Waals surface area contributed by atoms with Crippen LogP contribution in [0.15, 0.2) is 144 Å². The van der Waals surface area contributed by atoms with Gasteiger partial charge in [-0.1, -0.05) is 42.5 Å². The van der Waals surface area contributed by atoms with E-state index in [-0.39, 0.29) is 0 Å². The molecule has 3 aromatic carbocycles. The van der Waals surface area contributed by atoms with E-state index in [9.17, 15) is 0 Å². The van der Waals surface area contributed by atoms with Crippen LogP contribution in [0.4, 0.5) is 0 Å². The highest BCUT2D eigenvalue weighted by Gasteiger charge is 2.19. The topological polar surface area (TPSA) is 148 Å². The fourth-order valence-corrected chi connectivity index (χ4v) is 8.02. The third kappa shape index (κ3) is 8.46. The number of fused-ring (bicyclic) bond motifs is 5. The largest absolute Gasteiger partial charge is 0.497 e. The van der Waals surface area contributed by atoms with Gasteiger partial charge in [-0.25, -0.2) is 24.5 Å². The second kappa shape index (κ2) is 17.8. The van der Waals surface area contributed by atoms with Crippen LogP contribution in [0.1, 0.15) is 23.0 Å². The Labute approximate surface area is 374 Å². The predicted octanol–water partition coefficient (Wildman–Crippen LogP) is 10.4. The maximum atomic E-state index is 6.24. The molecule has 0 spiro atoms. The monoisotopic (exact) mass is 860 g/mol. The summed E-state index contributed by atoms with van der Waals surface area (Å²) in [5.41, 5.74) is 10.2. The average molecular weight is 861 g/mol. The number of methoxy groups -OCH3 is 4. The van der Waals surface area contributed by atoms with E-state index in [0.29, 0.717) is 23.8 Å². The average Bonchev–Trinajstić information content (AvgIpc) is 4.09. The summed E-state index contributed by atoms with van der Waals surface area (Å²) in [6.45, 7) is 0. The highest BCUT2D eigenvalue weighted by molar-refractivity contribution is 5.93. The summed E-state index contributed by atoms with van der Waals surface area (Å²) in [5, 5.41) is 2.11. The number of rotatable bonds is 12. The van der Waals surface area contributed by atoms with Gasteiger partial charge in [0.05, 0.1) is 45.0 Å². The molecular weight excluding hydrogens is 817 g/mol. The Kier molecular flexibility index (Phi) is 11.2. The van der Waals surface area contributed by atoms with Crippen molar-refractivity contribution in [1.82, 2.24) is 39.5 Å². The van der Waals surface area contributed by atoms with Crippen LogP contribution in [0.2, 0.25) is 0 Å². The van der Waals surface area contributed by atoms with Crippen molar-refractivity contribution < 1.29 is 23.4 Å². The first-order valence-corrected chi connectivity index (χ1v) is 21.2. The van der Waals surface area contributed by atoms with Gasteiger partial charge >= 0.3 is 0 Å². The number of hydrogen-bond donors (Lipinski definition) is 1. The molecule has 6 aromatic heterocycles. The highest BCUT2D eigenvalue weighted by atomic mass is 16.5. The van der Waals surface area contributed by atoms with Gasteiger partial charge in [-0.15, -0.1) is 0 Å². The van der Waals surface area contributed by atoms with Crippen LogP contribution in [0.25, 0.3) is 72.5 Å². The number of aryl methyl sites for hydroxylation is 4. The smallest absolute Gasteiger partial charge is 0.207 e. The lowest BCUT2D eigenvalue weighted by molar-refractivity contribution is 0.355. The van der Waals surface area contributed by atoms with Gasteiger partial charge in [-0.2, -0.15) is 0 Å². The molecule has 13 heteroatoms. The molecule has 0 radical (unpaired) electrons. The summed E-state index contributed by atoms with van der Waals surface area (Å²) >= 11 is 0. The molecule has 7 heterocycles. The summed E-state index contributed by atoms with van der Waals surface area (Å²) in [6.07, 6.45) is 6.44. The van der Waals surface area contributed by atoms with Crippen molar-refractivity contribution in [3.8, 4) is 51.3 Å². The number of nitrogens with zero attached hydrogens (tertiary/aromatic N) is 7. The molecule has 2 aliphatic rings. The second-order valence-electron chi connectivity index (χ2n) is 15.4. The Hall–Kier alpha value is -8.32. The van der Waals surface area contributed by atoms with Gasteiger partial charge in [-0.05, 0) is 90.7 Å². The van der Waals surface area contributed by atoms with Crippen molar-refractivity contribution in [1.29, 1.82) is 0 Å². The molecule has 0 bridgehead atoms. The van der Waals surface area contributed by atoms with E-state index >= 15 is 0 Å². The summed E-state index contributed by atoms with van der Waals surface area (Å²) in [5.74, 6) is 6.32. The van der Waals surface area contributed by atoms with Gasteiger partial charge < -0.3 is 28.3 Å². The Bertz CT molecular complexity index is 3430. The summed E-state index contributed by atoms with van der Waals surface area (Å²) < 4.78 is 29.7. The number of aromatic nitrogens is 8. The summed E-state index contributed by atoms with van der Waals surface area (Å²) in [6, 6.07) is 42.0. The number of ether oxygens (including phenoxy) is 4. The Balaban J connectivity index is 0.000000153. The molecule has 0 unspecified atom stereocenters. The highest BCUT2D eigenvalue weighted by Crippen LogP contribution is 2.34. The fraction of sp³-hybridized carbons (Fsp3) is 0.154. The molecule has 9 aromatic rings. The van der Waals surface area contributed by atoms with Crippen LogP contribution in [0.3, 0.4) is 0 Å². The van der Waals surface area contributed by atoms with E-state index in [4.69, 9.17) is 38.3 Å². The minimum atomic E-state index is 0.682. The summed E-state index contributed by atoms with van der Waals surface area (Å²) in [7, 11) is 6.60. The zero-order valence-electron chi connectivity index (χ0n) is 36.3. The van der Waals surface area contributed by atoms with E-state index in [1.54, 1.807) is 40.8 Å². The quantitative estimate of drug-likeness (QED) is 0.125. The number of benzene rings is 3. The molecule has 11 rings (SSSR count). The Morgan fingerprint density at radius 1 is 0.523 bits per heavy atom. The van der Waals surface area contributed by atoms with Gasteiger partial charge in [0.2, 0.25) is 5.88 Å². The first kappa shape index (κ1) is 40.7. The maximum absolute atomic E-state index is 6.24. The number of para-hydroxylation sites is 1. The molecule has 0 saturated heterocycles. The van der Waals surface area contributed by atoms with Crippen molar-refractivity contribution in [2.75, 3.05) is 28.4 Å².